The molecule has 0 fully saturated rings. The van der Waals surface area contributed by atoms with Crippen LogP contribution in [0.3, 0.4) is 0 Å². The fraction of sp³-hybridized carbons (Fsp3) is 0.300. The number of anilines is 2. The van der Waals surface area contributed by atoms with Crippen LogP contribution in [0.15, 0.2) is 42.5 Å². The fourth-order valence-electron chi connectivity index (χ4n) is 2.32. The van der Waals surface area contributed by atoms with E-state index in [1.807, 2.05) is 32.0 Å². The molecular weight excluding hydrogens is 316 g/mol. The Hall–Kier alpha value is -2.82. The van der Waals surface area contributed by atoms with Crippen molar-refractivity contribution < 1.29 is 14.3 Å². The summed E-state index contributed by atoms with van der Waals surface area (Å²) < 4.78 is 5.14. The van der Waals surface area contributed by atoms with Crippen LogP contribution < -0.4 is 15.4 Å². The molecule has 0 spiro atoms. The Labute approximate surface area is 148 Å². The molecule has 0 saturated carbocycles. The summed E-state index contributed by atoms with van der Waals surface area (Å²) in [4.78, 5) is 25.2. The first kappa shape index (κ1) is 18.5. The van der Waals surface area contributed by atoms with Crippen LogP contribution in [0.25, 0.3) is 0 Å². The van der Waals surface area contributed by atoms with E-state index in [1.165, 1.54) is 0 Å². The van der Waals surface area contributed by atoms with Crippen LogP contribution in [0, 0.1) is 19.3 Å². The van der Waals surface area contributed by atoms with Crippen LogP contribution in [0.5, 0.6) is 5.75 Å². The molecule has 0 atom stereocenters. The predicted octanol–water partition coefficient (Wildman–Crippen LogP) is 3.92. The third-order valence-electron chi connectivity index (χ3n) is 4.09. The Balaban J connectivity index is 2.12. The second-order valence-electron chi connectivity index (χ2n) is 6.58. The van der Waals surface area contributed by atoms with Gasteiger partial charge in [-0.3, -0.25) is 9.59 Å². The zero-order valence-corrected chi connectivity index (χ0v) is 15.3. The summed E-state index contributed by atoms with van der Waals surface area (Å²) in [5, 5.41) is 5.61. The fourth-order valence-corrected chi connectivity index (χ4v) is 2.32. The van der Waals surface area contributed by atoms with Gasteiger partial charge in [0.25, 0.3) is 0 Å². The molecule has 2 aromatic rings. The molecule has 0 aliphatic carbocycles. The van der Waals surface area contributed by atoms with Crippen molar-refractivity contribution in [1.82, 2.24) is 0 Å². The van der Waals surface area contributed by atoms with Crippen molar-refractivity contribution in [2.75, 3.05) is 17.7 Å². The zero-order chi connectivity index (χ0) is 18.6. The normalized spacial score (nSPS) is 10.9. The number of carbonyl (C=O) groups is 2. The molecule has 2 rings (SSSR count). The summed E-state index contributed by atoms with van der Waals surface area (Å²) in [6.45, 7) is 7.11. The molecule has 2 aromatic carbocycles. The van der Waals surface area contributed by atoms with Crippen LogP contribution in [0.2, 0.25) is 0 Å². The summed E-state index contributed by atoms with van der Waals surface area (Å²) in [5.41, 5.74) is 2.12. The highest BCUT2D eigenvalue weighted by molar-refractivity contribution is 6.14. The van der Waals surface area contributed by atoms with E-state index in [0.29, 0.717) is 17.1 Å². The van der Waals surface area contributed by atoms with Gasteiger partial charge in [-0.25, -0.2) is 0 Å². The van der Waals surface area contributed by atoms with Crippen LogP contribution in [0.4, 0.5) is 11.4 Å². The van der Waals surface area contributed by atoms with Crippen LogP contribution in [0.1, 0.15) is 25.0 Å². The first-order valence-corrected chi connectivity index (χ1v) is 8.08. The highest BCUT2D eigenvalue weighted by Crippen LogP contribution is 2.24. The second kappa shape index (κ2) is 7.38. The molecule has 0 saturated heterocycles. The van der Waals surface area contributed by atoms with E-state index >= 15 is 0 Å². The monoisotopic (exact) mass is 340 g/mol. The third kappa shape index (κ3) is 4.38. The second-order valence-corrected chi connectivity index (χ2v) is 6.58. The summed E-state index contributed by atoms with van der Waals surface area (Å²) >= 11 is 0. The number of ether oxygens (including phenoxy) is 1. The molecule has 0 aromatic heterocycles. The number of aryl methyl sites for hydroxylation is 2. The minimum Gasteiger partial charge on any atom is -0.497 e. The van der Waals surface area contributed by atoms with Crippen LogP contribution in [-0.4, -0.2) is 18.9 Å². The van der Waals surface area contributed by atoms with Gasteiger partial charge in [0.15, 0.2) is 0 Å². The molecule has 0 bridgehead atoms. The smallest absolute Gasteiger partial charge is 0.239 e. The number of amides is 2. The minimum atomic E-state index is -1.24. The number of nitrogens with one attached hydrogen (secondary N) is 2. The van der Waals surface area contributed by atoms with Gasteiger partial charge in [-0.05, 0) is 51.5 Å². The lowest BCUT2D eigenvalue weighted by molar-refractivity contribution is -0.135. The maximum absolute atomic E-state index is 12.6. The van der Waals surface area contributed by atoms with Gasteiger partial charge in [0.1, 0.15) is 11.2 Å². The Morgan fingerprint density at radius 2 is 1.64 bits per heavy atom. The van der Waals surface area contributed by atoms with Gasteiger partial charge in [-0.1, -0.05) is 23.8 Å². The van der Waals surface area contributed by atoms with E-state index in [2.05, 4.69) is 10.6 Å². The number of methoxy groups -OCH3 is 1. The first-order valence-electron chi connectivity index (χ1n) is 8.08. The van der Waals surface area contributed by atoms with Crippen molar-refractivity contribution in [2.45, 2.75) is 27.7 Å². The van der Waals surface area contributed by atoms with Crippen molar-refractivity contribution in [2.24, 2.45) is 5.41 Å². The van der Waals surface area contributed by atoms with Crippen molar-refractivity contribution in [3.8, 4) is 5.75 Å². The summed E-state index contributed by atoms with van der Waals surface area (Å²) in [7, 11) is 1.56. The zero-order valence-electron chi connectivity index (χ0n) is 15.3. The van der Waals surface area contributed by atoms with E-state index in [4.69, 9.17) is 4.74 Å². The molecule has 132 valence electrons. The topological polar surface area (TPSA) is 67.4 Å². The molecule has 2 amide bonds. The molecule has 0 aliphatic rings. The average Bonchev–Trinajstić information content (AvgIpc) is 2.57. The summed E-state index contributed by atoms with van der Waals surface area (Å²) in [5.74, 6) is -0.113. The average molecular weight is 340 g/mol. The predicted molar refractivity (Wildman–Crippen MR) is 100.0 cm³/mol. The van der Waals surface area contributed by atoms with E-state index in [1.54, 1.807) is 45.2 Å². The molecular formula is C20H24N2O3. The Bertz CT molecular complexity index is 797. The third-order valence-corrected chi connectivity index (χ3v) is 4.09. The number of hydrogen-bond acceptors (Lipinski definition) is 3. The molecule has 0 heterocycles. The Morgan fingerprint density at radius 3 is 2.28 bits per heavy atom. The summed E-state index contributed by atoms with van der Waals surface area (Å²) in [6.07, 6.45) is 0. The largest absolute Gasteiger partial charge is 0.497 e. The van der Waals surface area contributed by atoms with E-state index in [9.17, 15) is 9.59 Å². The molecule has 0 aliphatic heterocycles. The van der Waals surface area contributed by atoms with Crippen molar-refractivity contribution in [1.29, 1.82) is 0 Å². The molecule has 5 nitrogen and oxygen atoms in total. The first-order chi connectivity index (χ1) is 11.7. The van der Waals surface area contributed by atoms with Gasteiger partial charge in [0.2, 0.25) is 11.8 Å². The SMILES string of the molecule is COc1cccc(NC(=O)C(C)(C)C(=O)Nc2ccc(C)cc2C)c1. The maximum Gasteiger partial charge on any atom is 0.239 e. The van der Waals surface area contributed by atoms with E-state index < -0.39 is 5.41 Å². The number of carbonyl (C=O) groups excluding carboxylic acids is 2. The van der Waals surface area contributed by atoms with Crippen molar-refractivity contribution in [3.05, 3.63) is 53.6 Å². The number of benzene rings is 2. The lowest BCUT2D eigenvalue weighted by Gasteiger charge is -2.23. The lowest BCUT2D eigenvalue weighted by Crippen LogP contribution is -2.41. The van der Waals surface area contributed by atoms with Gasteiger partial charge in [-0.2, -0.15) is 0 Å². The minimum absolute atomic E-state index is 0.361. The molecule has 5 heteroatoms. The number of rotatable bonds is 5. The lowest BCUT2D eigenvalue weighted by atomic mass is 9.90. The van der Waals surface area contributed by atoms with Gasteiger partial charge < -0.3 is 15.4 Å². The Morgan fingerprint density at radius 1 is 0.960 bits per heavy atom. The highest BCUT2D eigenvalue weighted by atomic mass is 16.5. The molecule has 0 unspecified atom stereocenters. The van der Waals surface area contributed by atoms with Crippen LogP contribution >= 0.6 is 0 Å². The summed E-state index contributed by atoms with van der Waals surface area (Å²) in [6, 6.07) is 12.8. The van der Waals surface area contributed by atoms with Gasteiger partial charge in [0, 0.05) is 17.4 Å². The molecule has 2 N–H and O–H groups in total. The molecule has 0 radical (unpaired) electrons. The van der Waals surface area contributed by atoms with Crippen LogP contribution in [-0.2, 0) is 9.59 Å². The highest BCUT2D eigenvalue weighted by Gasteiger charge is 2.36. The van der Waals surface area contributed by atoms with Crippen molar-refractivity contribution in [3.63, 3.8) is 0 Å². The quantitative estimate of drug-likeness (QED) is 0.811. The standard InChI is InChI=1S/C20H24N2O3/c1-13-9-10-17(14(2)11-13)22-19(24)20(3,4)18(23)21-15-7-6-8-16(12-15)25-5/h6-12H,1-5H3,(H,21,23)(H,22,24). The maximum atomic E-state index is 12.6. The Kier molecular flexibility index (Phi) is 5.47. The van der Waals surface area contributed by atoms with Crippen molar-refractivity contribution >= 4 is 23.2 Å². The number of hydrogen-bond donors (Lipinski definition) is 2. The van der Waals surface area contributed by atoms with Gasteiger partial charge in [0.05, 0.1) is 7.11 Å². The van der Waals surface area contributed by atoms with Gasteiger partial charge in [-0.15, -0.1) is 0 Å². The van der Waals surface area contributed by atoms with Gasteiger partial charge >= 0.3 is 0 Å². The van der Waals surface area contributed by atoms with E-state index in [-0.39, 0.29) is 11.8 Å². The molecule has 25 heavy (non-hydrogen) atoms. The van der Waals surface area contributed by atoms with E-state index in [0.717, 1.165) is 11.1 Å².